The number of benzene rings is 2. The highest BCUT2D eigenvalue weighted by Gasteiger charge is 2.16. The van der Waals surface area contributed by atoms with Crippen LogP contribution in [0.3, 0.4) is 0 Å². The van der Waals surface area contributed by atoms with Gasteiger partial charge in [-0.2, -0.15) is 0 Å². The molecule has 0 fully saturated rings. The van der Waals surface area contributed by atoms with Gasteiger partial charge >= 0.3 is 0 Å². The molecular weight excluding hydrogens is 384 g/mol. The first kappa shape index (κ1) is 17.4. The van der Waals surface area contributed by atoms with E-state index in [0.717, 1.165) is 6.26 Å². The van der Waals surface area contributed by atoms with Crippen molar-refractivity contribution in [2.45, 2.75) is 4.90 Å². The molecule has 0 unspecified atom stereocenters. The molecule has 2 aromatic heterocycles. The number of carbonyl (C=O) groups is 1. The molecule has 0 saturated heterocycles. The molecule has 0 aliphatic rings. The molecule has 7 nitrogen and oxygen atoms in total. The van der Waals surface area contributed by atoms with E-state index in [2.05, 4.69) is 20.3 Å². The van der Waals surface area contributed by atoms with Crippen molar-refractivity contribution in [1.29, 1.82) is 0 Å². The Hall–Kier alpha value is -3.04. The minimum absolute atomic E-state index is 0.210. The van der Waals surface area contributed by atoms with Crippen LogP contribution < -0.4 is 5.32 Å². The lowest BCUT2D eigenvalue weighted by Gasteiger charge is -2.02. The first-order chi connectivity index (χ1) is 12.9. The molecule has 0 aliphatic carbocycles. The number of rotatable bonds is 4. The Balaban J connectivity index is 1.76. The Morgan fingerprint density at radius 2 is 2.00 bits per heavy atom. The van der Waals surface area contributed by atoms with Crippen molar-refractivity contribution in [2.75, 3.05) is 11.6 Å². The van der Waals surface area contributed by atoms with Crippen LogP contribution in [0.5, 0.6) is 0 Å². The second-order valence-corrected chi connectivity index (χ2v) is 8.79. The lowest BCUT2D eigenvalue weighted by atomic mass is 10.2. The first-order valence-electron chi connectivity index (χ1n) is 7.92. The third-order valence-corrected chi connectivity index (χ3v) is 5.74. The third kappa shape index (κ3) is 3.46. The van der Waals surface area contributed by atoms with Crippen LogP contribution in [0, 0.1) is 0 Å². The van der Waals surface area contributed by atoms with E-state index in [9.17, 15) is 13.2 Å². The highest BCUT2D eigenvalue weighted by atomic mass is 32.2. The topological polar surface area (TPSA) is 105 Å². The molecule has 4 rings (SSSR count). The second-order valence-electron chi connectivity index (χ2n) is 5.88. The highest BCUT2D eigenvalue weighted by Crippen LogP contribution is 2.25. The minimum Gasteiger partial charge on any atom is -0.338 e. The van der Waals surface area contributed by atoms with Crippen molar-refractivity contribution in [2.24, 2.45) is 0 Å². The SMILES string of the molecule is CS(=O)(=O)c1cccc(-c2nc3c(C(=O)Nc4nccs4)cccc3[nH]2)c1. The first-order valence-corrected chi connectivity index (χ1v) is 10.7. The monoisotopic (exact) mass is 398 g/mol. The number of hydrogen-bond acceptors (Lipinski definition) is 6. The number of sulfone groups is 1. The Morgan fingerprint density at radius 3 is 2.74 bits per heavy atom. The average Bonchev–Trinajstić information content (AvgIpc) is 3.30. The summed E-state index contributed by atoms with van der Waals surface area (Å²) in [5, 5.41) is 5.03. The molecular formula is C18H14N4O3S2. The van der Waals surface area contributed by atoms with Gasteiger partial charge in [-0.15, -0.1) is 11.3 Å². The molecule has 2 heterocycles. The molecule has 0 spiro atoms. The van der Waals surface area contributed by atoms with Crippen molar-refractivity contribution < 1.29 is 13.2 Å². The molecule has 0 bridgehead atoms. The van der Waals surface area contributed by atoms with Gasteiger partial charge in [-0.05, 0) is 24.3 Å². The number of carbonyl (C=O) groups excluding carboxylic acids is 1. The fourth-order valence-electron chi connectivity index (χ4n) is 2.68. The molecule has 0 radical (unpaired) electrons. The minimum atomic E-state index is -3.33. The summed E-state index contributed by atoms with van der Waals surface area (Å²) >= 11 is 1.33. The third-order valence-electron chi connectivity index (χ3n) is 3.95. The number of anilines is 1. The summed E-state index contributed by atoms with van der Waals surface area (Å²) in [5.74, 6) is 0.184. The van der Waals surface area contributed by atoms with Gasteiger partial charge in [0.15, 0.2) is 15.0 Å². The lowest BCUT2D eigenvalue weighted by Crippen LogP contribution is -2.12. The van der Waals surface area contributed by atoms with Crippen LogP contribution in [0.2, 0.25) is 0 Å². The van der Waals surface area contributed by atoms with Gasteiger partial charge in [-0.3, -0.25) is 10.1 Å². The quantitative estimate of drug-likeness (QED) is 0.548. The number of thiazole rings is 1. The zero-order chi connectivity index (χ0) is 19.0. The Labute approximate surface area is 159 Å². The van der Waals surface area contributed by atoms with E-state index in [1.165, 1.54) is 17.4 Å². The average molecular weight is 398 g/mol. The van der Waals surface area contributed by atoms with E-state index in [1.807, 2.05) is 6.07 Å². The molecule has 2 aromatic carbocycles. The normalized spacial score (nSPS) is 11.6. The Bertz CT molecular complexity index is 1240. The number of amides is 1. The van der Waals surface area contributed by atoms with E-state index < -0.39 is 9.84 Å². The van der Waals surface area contributed by atoms with E-state index in [0.29, 0.717) is 33.1 Å². The maximum absolute atomic E-state index is 12.6. The number of nitrogens with zero attached hydrogens (tertiary/aromatic N) is 2. The predicted molar refractivity (Wildman–Crippen MR) is 105 cm³/mol. The van der Waals surface area contributed by atoms with Crippen LogP contribution in [0.1, 0.15) is 10.4 Å². The number of hydrogen-bond donors (Lipinski definition) is 2. The van der Waals surface area contributed by atoms with Gasteiger partial charge in [0.2, 0.25) is 0 Å². The van der Waals surface area contributed by atoms with Crippen LogP contribution in [0.4, 0.5) is 5.13 Å². The van der Waals surface area contributed by atoms with E-state index in [4.69, 9.17) is 0 Å². The number of para-hydroxylation sites is 1. The summed E-state index contributed by atoms with van der Waals surface area (Å²) in [7, 11) is -3.33. The molecule has 27 heavy (non-hydrogen) atoms. The number of fused-ring (bicyclic) bond motifs is 1. The van der Waals surface area contributed by atoms with Crippen molar-refractivity contribution in [3.8, 4) is 11.4 Å². The maximum atomic E-state index is 12.6. The molecule has 2 N–H and O–H groups in total. The summed E-state index contributed by atoms with van der Waals surface area (Å²) in [6.07, 6.45) is 2.77. The zero-order valence-electron chi connectivity index (χ0n) is 14.1. The van der Waals surface area contributed by atoms with E-state index in [-0.39, 0.29) is 10.8 Å². The smallest absolute Gasteiger partial charge is 0.259 e. The number of aromatic nitrogens is 3. The van der Waals surface area contributed by atoms with Crippen LogP contribution >= 0.6 is 11.3 Å². The molecule has 0 saturated carbocycles. The Morgan fingerprint density at radius 1 is 1.19 bits per heavy atom. The van der Waals surface area contributed by atoms with Crippen LogP contribution in [-0.4, -0.2) is 35.5 Å². The van der Waals surface area contributed by atoms with Gasteiger partial charge in [0.05, 0.1) is 16.0 Å². The molecule has 1 amide bonds. The largest absolute Gasteiger partial charge is 0.338 e. The van der Waals surface area contributed by atoms with E-state index >= 15 is 0 Å². The van der Waals surface area contributed by atoms with Gasteiger partial charge in [0, 0.05) is 23.4 Å². The van der Waals surface area contributed by atoms with Gasteiger partial charge < -0.3 is 4.98 Å². The Kier molecular flexibility index (Phi) is 4.25. The summed E-state index contributed by atoms with van der Waals surface area (Å²) in [6, 6.07) is 11.8. The van der Waals surface area contributed by atoms with Crippen LogP contribution in [0.25, 0.3) is 22.4 Å². The molecule has 4 aromatic rings. The summed E-state index contributed by atoms with van der Waals surface area (Å²) < 4.78 is 23.6. The molecule has 0 atom stereocenters. The number of H-pyrrole nitrogens is 1. The zero-order valence-corrected chi connectivity index (χ0v) is 15.8. The van der Waals surface area contributed by atoms with Crippen LogP contribution in [-0.2, 0) is 9.84 Å². The van der Waals surface area contributed by atoms with Gasteiger partial charge in [-0.1, -0.05) is 18.2 Å². The number of imidazole rings is 1. The second kappa shape index (κ2) is 6.60. The number of nitrogens with one attached hydrogen (secondary N) is 2. The summed E-state index contributed by atoms with van der Waals surface area (Å²) in [4.78, 5) is 24.5. The fourth-order valence-corrected chi connectivity index (χ4v) is 3.87. The highest BCUT2D eigenvalue weighted by molar-refractivity contribution is 7.90. The van der Waals surface area contributed by atoms with Gasteiger partial charge in [-0.25, -0.2) is 18.4 Å². The molecule has 0 aliphatic heterocycles. The summed E-state index contributed by atoms with van der Waals surface area (Å²) in [6.45, 7) is 0. The molecule has 136 valence electrons. The van der Waals surface area contributed by atoms with E-state index in [1.54, 1.807) is 41.9 Å². The predicted octanol–water partition coefficient (Wildman–Crippen LogP) is 3.34. The lowest BCUT2D eigenvalue weighted by molar-refractivity contribution is 0.102. The van der Waals surface area contributed by atoms with Crippen molar-refractivity contribution in [1.82, 2.24) is 15.0 Å². The molecule has 9 heteroatoms. The van der Waals surface area contributed by atoms with Crippen LogP contribution in [0.15, 0.2) is 58.9 Å². The van der Waals surface area contributed by atoms with Gasteiger partial charge in [0.25, 0.3) is 5.91 Å². The standard InChI is InChI=1S/C18H14N4O3S2/c1-27(24,25)12-5-2-4-11(10-12)16-20-14-7-3-6-13(15(14)21-16)17(23)22-18-19-8-9-26-18/h2-10H,1H3,(H,20,21)(H,19,22,23). The maximum Gasteiger partial charge on any atom is 0.259 e. The van der Waals surface area contributed by atoms with Gasteiger partial charge in [0.1, 0.15) is 11.3 Å². The number of aromatic amines is 1. The van der Waals surface area contributed by atoms with Crippen molar-refractivity contribution in [3.05, 3.63) is 59.6 Å². The summed E-state index contributed by atoms with van der Waals surface area (Å²) in [5.41, 5.74) is 2.22. The van der Waals surface area contributed by atoms with Crippen molar-refractivity contribution in [3.63, 3.8) is 0 Å². The fraction of sp³-hybridized carbons (Fsp3) is 0.0556. The van der Waals surface area contributed by atoms with Crippen molar-refractivity contribution >= 4 is 43.2 Å².